The van der Waals surface area contributed by atoms with Crippen molar-refractivity contribution in [3.63, 3.8) is 0 Å². The molecule has 0 amide bonds. The van der Waals surface area contributed by atoms with Gasteiger partial charge in [-0.15, -0.1) is 0 Å². The van der Waals surface area contributed by atoms with Gasteiger partial charge in [-0.25, -0.2) is 0 Å². The number of carboxylic acids is 1. The molecule has 1 N–H and O–H groups in total. The molecule has 1 aliphatic heterocycles. The van der Waals surface area contributed by atoms with Crippen LogP contribution in [0.3, 0.4) is 0 Å². The first kappa shape index (κ1) is 12.6. The Balaban J connectivity index is 2.27. The van der Waals surface area contributed by atoms with Crippen LogP contribution in [0.25, 0.3) is 0 Å². The Morgan fingerprint density at radius 1 is 1.59 bits per heavy atom. The number of hydrogen-bond acceptors (Lipinski definition) is 2. The van der Waals surface area contributed by atoms with Crippen LogP contribution in [-0.2, 0) is 15.1 Å². The maximum absolute atomic E-state index is 10.7. The van der Waals surface area contributed by atoms with Crippen LogP contribution < -0.4 is 0 Å². The van der Waals surface area contributed by atoms with E-state index >= 15 is 0 Å². The number of carbonyl (C=O) groups is 1. The van der Waals surface area contributed by atoms with Crippen molar-refractivity contribution in [3.8, 4) is 0 Å². The van der Waals surface area contributed by atoms with E-state index in [0.717, 1.165) is 22.0 Å². The molecule has 1 saturated heterocycles. The van der Waals surface area contributed by atoms with Crippen LogP contribution in [0.5, 0.6) is 0 Å². The van der Waals surface area contributed by atoms with Gasteiger partial charge in [0.25, 0.3) is 0 Å². The minimum absolute atomic E-state index is 0.145. The molecule has 0 aliphatic carbocycles. The van der Waals surface area contributed by atoms with Crippen molar-refractivity contribution in [1.82, 2.24) is 0 Å². The van der Waals surface area contributed by atoms with E-state index < -0.39 is 5.97 Å². The van der Waals surface area contributed by atoms with Gasteiger partial charge in [0.2, 0.25) is 0 Å². The molecule has 1 aromatic carbocycles. The van der Waals surface area contributed by atoms with Gasteiger partial charge in [-0.05, 0) is 36.6 Å². The van der Waals surface area contributed by atoms with Gasteiger partial charge in [0.15, 0.2) is 0 Å². The van der Waals surface area contributed by atoms with Crippen LogP contribution in [0, 0.1) is 6.92 Å². The number of aliphatic carboxylic acids is 1. The average Bonchev–Trinajstić information content (AvgIpc) is 2.21. The van der Waals surface area contributed by atoms with Gasteiger partial charge in [0.05, 0.1) is 12.2 Å². The summed E-state index contributed by atoms with van der Waals surface area (Å²) in [6, 6.07) is 6.06. The zero-order valence-corrected chi connectivity index (χ0v) is 11.3. The average molecular weight is 299 g/mol. The summed E-state index contributed by atoms with van der Waals surface area (Å²) in [6.45, 7) is 2.75. The van der Waals surface area contributed by atoms with Crippen molar-refractivity contribution in [2.24, 2.45) is 0 Å². The van der Waals surface area contributed by atoms with Crippen molar-refractivity contribution < 1.29 is 14.6 Å². The second kappa shape index (κ2) is 4.78. The first-order valence-electron chi connectivity index (χ1n) is 5.66. The Labute approximate surface area is 109 Å². The topological polar surface area (TPSA) is 46.5 Å². The van der Waals surface area contributed by atoms with Gasteiger partial charge in [-0.2, -0.15) is 0 Å². The summed E-state index contributed by atoms with van der Waals surface area (Å²) in [5.41, 5.74) is 1.88. The molecule has 0 bridgehead atoms. The summed E-state index contributed by atoms with van der Waals surface area (Å²) in [7, 11) is 0. The molecule has 3 nitrogen and oxygen atoms in total. The lowest BCUT2D eigenvalue weighted by Crippen LogP contribution is -2.41. The number of aryl methyl sites for hydroxylation is 1. The Hall–Kier alpha value is -0.870. The largest absolute Gasteiger partial charge is 0.481 e. The number of rotatable bonds is 4. The highest BCUT2D eigenvalue weighted by Crippen LogP contribution is 2.43. The summed E-state index contributed by atoms with van der Waals surface area (Å²) in [5, 5.41) is 8.80. The van der Waals surface area contributed by atoms with Crippen LogP contribution in [0.15, 0.2) is 22.7 Å². The summed E-state index contributed by atoms with van der Waals surface area (Å²) >= 11 is 3.45. The Morgan fingerprint density at radius 2 is 2.29 bits per heavy atom. The van der Waals surface area contributed by atoms with Gasteiger partial charge in [-0.1, -0.05) is 22.0 Å². The predicted molar refractivity (Wildman–Crippen MR) is 68.0 cm³/mol. The SMILES string of the molecule is Cc1ccc(Br)cc1C1(CCC(=O)O)CCO1. The molecule has 1 fully saturated rings. The molecule has 1 heterocycles. The van der Waals surface area contributed by atoms with E-state index in [9.17, 15) is 4.79 Å². The van der Waals surface area contributed by atoms with Crippen LogP contribution in [0.2, 0.25) is 0 Å². The minimum atomic E-state index is -0.771. The smallest absolute Gasteiger partial charge is 0.303 e. The maximum Gasteiger partial charge on any atom is 0.303 e. The van der Waals surface area contributed by atoms with Crippen LogP contribution >= 0.6 is 15.9 Å². The molecule has 0 spiro atoms. The van der Waals surface area contributed by atoms with Gasteiger partial charge in [-0.3, -0.25) is 4.79 Å². The first-order valence-corrected chi connectivity index (χ1v) is 6.45. The van der Waals surface area contributed by atoms with E-state index in [1.165, 1.54) is 0 Å². The number of halogens is 1. The molecule has 1 atom stereocenters. The number of ether oxygens (including phenoxy) is 1. The van der Waals surface area contributed by atoms with Gasteiger partial charge in [0, 0.05) is 17.3 Å². The van der Waals surface area contributed by atoms with Gasteiger partial charge >= 0.3 is 5.97 Å². The number of carboxylic acid groups (broad SMARTS) is 1. The quantitative estimate of drug-likeness (QED) is 0.928. The van der Waals surface area contributed by atoms with Crippen LogP contribution in [0.4, 0.5) is 0 Å². The summed E-state index contributed by atoms with van der Waals surface area (Å²) in [6.07, 6.45) is 1.59. The minimum Gasteiger partial charge on any atom is -0.481 e. The summed E-state index contributed by atoms with van der Waals surface area (Å²) < 4.78 is 6.71. The highest BCUT2D eigenvalue weighted by molar-refractivity contribution is 9.10. The molecular weight excluding hydrogens is 284 g/mol. The second-order valence-electron chi connectivity index (χ2n) is 4.45. The van der Waals surface area contributed by atoms with E-state index in [1.54, 1.807) is 0 Å². The van der Waals surface area contributed by atoms with Crippen LogP contribution in [-0.4, -0.2) is 17.7 Å². The monoisotopic (exact) mass is 298 g/mol. The Kier molecular flexibility index (Phi) is 3.54. The van der Waals surface area contributed by atoms with Crippen molar-refractivity contribution >= 4 is 21.9 Å². The normalized spacial score (nSPS) is 23.2. The Bertz CT molecular complexity index is 438. The lowest BCUT2D eigenvalue weighted by molar-refractivity contribution is -0.166. The second-order valence-corrected chi connectivity index (χ2v) is 5.36. The summed E-state index contributed by atoms with van der Waals surface area (Å²) in [4.78, 5) is 10.7. The lowest BCUT2D eigenvalue weighted by atomic mass is 9.80. The highest BCUT2D eigenvalue weighted by Gasteiger charge is 2.41. The molecule has 0 aromatic heterocycles. The zero-order chi connectivity index (χ0) is 12.5. The molecule has 1 aliphatic rings. The predicted octanol–water partition coefficient (Wildman–Crippen LogP) is 3.24. The zero-order valence-electron chi connectivity index (χ0n) is 9.70. The lowest BCUT2D eigenvalue weighted by Gasteiger charge is -2.43. The molecule has 2 rings (SSSR count). The number of hydrogen-bond donors (Lipinski definition) is 1. The van der Waals surface area contributed by atoms with Crippen molar-refractivity contribution in [3.05, 3.63) is 33.8 Å². The van der Waals surface area contributed by atoms with E-state index in [4.69, 9.17) is 9.84 Å². The van der Waals surface area contributed by atoms with Crippen molar-refractivity contribution in [2.45, 2.75) is 31.8 Å². The van der Waals surface area contributed by atoms with Crippen LogP contribution in [0.1, 0.15) is 30.4 Å². The third-order valence-corrected chi connectivity index (χ3v) is 3.81. The number of benzene rings is 1. The maximum atomic E-state index is 10.7. The van der Waals surface area contributed by atoms with Crippen molar-refractivity contribution in [2.75, 3.05) is 6.61 Å². The van der Waals surface area contributed by atoms with E-state index in [1.807, 2.05) is 25.1 Å². The third kappa shape index (κ3) is 2.53. The third-order valence-electron chi connectivity index (χ3n) is 3.32. The molecule has 0 radical (unpaired) electrons. The first-order chi connectivity index (χ1) is 8.03. The fourth-order valence-electron chi connectivity index (χ4n) is 2.29. The van der Waals surface area contributed by atoms with Gasteiger partial charge < -0.3 is 9.84 Å². The standard InChI is InChI=1S/C13H15BrO3/c1-9-2-3-10(14)8-11(9)13(6-7-17-13)5-4-12(15)16/h2-3,8H,4-7H2,1H3,(H,15,16). The van der Waals surface area contributed by atoms with Gasteiger partial charge in [0.1, 0.15) is 0 Å². The molecular formula is C13H15BrO3. The molecule has 4 heteroatoms. The van der Waals surface area contributed by atoms with E-state index in [0.29, 0.717) is 13.0 Å². The van der Waals surface area contributed by atoms with E-state index in [2.05, 4.69) is 15.9 Å². The van der Waals surface area contributed by atoms with Crippen molar-refractivity contribution in [1.29, 1.82) is 0 Å². The molecule has 17 heavy (non-hydrogen) atoms. The molecule has 1 unspecified atom stereocenters. The molecule has 1 aromatic rings. The Morgan fingerprint density at radius 3 is 2.82 bits per heavy atom. The molecule has 92 valence electrons. The fraction of sp³-hybridized carbons (Fsp3) is 0.462. The molecule has 0 saturated carbocycles. The highest BCUT2D eigenvalue weighted by atomic mass is 79.9. The van der Waals surface area contributed by atoms with E-state index in [-0.39, 0.29) is 12.0 Å². The summed E-state index contributed by atoms with van der Waals surface area (Å²) in [5.74, 6) is -0.771. The fourth-order valence-corrected chi connectivity index (χ4v) is 2.65.